The van der Waals surface area contributed by atoms with Gasteiger partial charge in [-0.3, -0.25) is 94.9 Å². The van der Waals surface area contributed by atoms with Gasteiger partial charge in [0.25, 0.3) is 0 Å². The predicted octanol–water partition coefficient (Wildman–Crippen LogP) is -3.83. The van der Waals surface area contributed by atoms with E-state index < -0.39 is 244 Å². The lowest BCUT2D eigenvalue weighted by Gasteiger charge is -2.43. The minimum Gasteiger partial charge on any atom is -0.507 e. The Morgan fingerprint density at radius 1 is 0.608 bits per heavy atom. The Balaban J connectivity index is 1.13. The van der Waals surface area contributed by atoms with E-state index in [9.17, 15) is 87.9 Å². The number of Topliss-reactive ketones (excluding diaryl/α,β-unsaturated/α-hetero) is 4. The van der Waals surface area contributed by atoms with E-state index in [4.69, 9.17) is 92.5 Å². The van der Waals surface area contributed by atoms with Gasteiger partial charge in [0.2, 0.25) is 47.1 Å². The number of hydrazone groups is 1. The molecule has 0 aromatic heterocycles. The van der Waals surface area contributed by atoms with Crippen molar-refractivity contribution in [1.82, 2.24) is 58.2 Å². The van der Waals surface area contributed by atoms with E-state index in [2.05, 4.69) is 58.4 Å². The number of likely N-dealkylation sites (tertiary alicyclic amines) is 1. The highest BCUT2D eigenvalue weighted by Crippen LogP contribution is 2.53. The van der Waals surface area contributed by atoms with Crippen molar-refractivity contribution in [3.05, 3.63) is 51.6 Å². The number of hydrogen-bond acceptors (Lipinski definition) is 30. The van der Waals surface area contributed by atoms with E-state index in [-0.39, 0.29) is 213 Å². The molecule has 48 heteroatoms. The first-order valence-corrected chi connectivity index (χ1v) is 44.1. The summed E-state index contributed by atoms with van der Waals surface area (Å²) in [6, 6.07) is -0.741. The number of amides is 7. The number of methoxy groups -OCH3 is 1. The molecule has 2 unspecified atom stereocenters. The van der Waals surface area contributed by atoms with Gasteiger partial charge in [0.15, 0.2) is 65.2 Å². The van der Waals surface area contributed by atoms with Gasteiger partial charge in [-0.25, -0.2) is 5.43 Å². The van der Waals surface area contributed by atoms with Gasteiger partial charge in [-0.1, -0.05) is 18.6 Å². The fourth-order valence-electron chi connectivity index (χ4n) is 15.9. The maximum absolute atomic E-state index is 15.0. The Morgan fingerprint density at radius 3 is 1.48 bits per heavy atom. The summed E-state index contributed by atoms with van der Waals surface area (Å²) >= 11 is 0.894. The summed E-state index contributed by atoms with van der Waals surface area (Å²) in [7, 11) is 1.28. The molecule has 0 saturated carbocycles. The first-order valence-electron chi connectivity index (χ1n) is 43.0. The number of nitrogens with one attached hydrogen (secondary N) is 16. The zero-order chi connectivity index (χ0) is 96.4. The number of guanidine groups is 6. The number of nitrogens with zero attached hydrogens (tertiary/aromatic N) is 2. The van der Waals surface area contributed by atoms with Gasteiger partial charge in [-0.15, -0.1) is 11.8 Å². The van der Waals surface area contributed by atoms with Gasteiger partial charge in [-0.2, -0.15) is 5.10 Å². The van der Waals surface area contributed by atoms with Crippen molar-refractivity contribution in [3.8, 4) is 17.2 Å². The van der Waals surface area contributed by atoms with Crippen LogP contribution in [0.25, 0.3) is 0 Å². The standard InChI is InChI=1S/C82H128N26O21S/c1-40(110)30-42(14-8-23-97-76(85)86)72(122)103-49(18-11-26-100-79(91)92)52(111)31-43(15-9-24-98-77(87)88)73(123)104-50(19-12-27-101-80(93)94)53(112)32-44(16-10-25-99-78(89)90)74(124)105-51(20-13-28-102-81(95)96)54(113)33-45(71(84)121)39-130-57-35-60(115)108(75(57)125)29-6-4-5-22-59(114)107-106-58(38-109)82(126)36-47-63(56(37-82)129-61-34-48(83)66(116)41(2)128-61)70(120)65-64(68(47)118)67(117)46-17-7-21-55(127-3)62(46)69(65)119/h7,17,21,41-45,48-51,56-57,61,66,109,116,118,120,126H,4-6,8-16,18-20,22-39,83H2,1-3H3,(H2,84,121)(H,103,122)(H,104,123)(H,105,124)(H,107,114)(H4,85,86,97)(H4,87,88,98)(H4,89,90,99)(H4,91,92,100)(H4,93,94,101)(H4,95,96,102)/b106-58+/t41-,42-,43-,44-,45+,48-,49+,50+,51+,56-,57?,61?,66+,82-/m0/s1. The molecule has 0 bridgehead atoms. The predicted molar refractivity (Wildman–Crippen MR) is 476 cm³/mol. The molecule has 37 N–H and O–H groups in total. The molecule has 0 radical (unpaired) electrons. The number of nitrogens with two attached hydrogens (primary N) is 8. The van der Waals surface area contributed by atoms with Crippen LogP contribution in [-0.4, -0.2) is 267 Å². The molecule has 2 heterocycles. The summed E-state index contributed by atoms with van der Waals surface area (Å²) in [5.41, 5.74) is 43.0. The summed E-state index contributed by atoms with van der Waals surface area (Å²) in [5, 5.41) is 131. The number of rotatable bonds is 57. The molecule has 2 saturated heterocycles. The van der Waals surface area contributed by atoms with Crippen molar-refractivity contribution < 1.29 is 102 Å². The van der Waals surface area contributed by atoms with Crippen LogP contribution in [0, 0.1) is 56.1 Å². The summed E-state index contributed by atoms with van der Waals surface area (Å²) in [5.74, 6) is -18.2. The van der Waals surface area contributed by atoms with Gasteiger partial charge in [0.05, 0.1) is 83.7 Å². The SMILES string of the molecule is COc1cccc2c1C(=O)c1c(O)c3c(c(O)c1C2=O)C[C@@](O)(/C(CO)=N/NC(=O)CCCCCN1C(=O)CC(SC[C@@H](CC(=O)[C@@H](CCCNC(=N)N)NC(=O)[C@@H](CCCNC(=N)N)CC(=O)[C@@H](CCCNC(=N)N)NC(=O)[C@@H](CCCNC(=N)N)CC(=O)[C@@H](CCCNC(=N)N)NC(=O)[C@@H](CCCNC(=N)N)CC(C)=O)C(N)=O)C1=O)C[C@@H]3OC1C[C@H](N)[C@H](O)[C@H](C)O1. The number of ketones is 6. The number of hydrogen-bond donors (Lipinski definition) is 29. The molecule has 0 spiro atoms. The molecule has 7 amide bonds. The Bertz CT molecular complexity index is 4510. The summed E-state index contributed by atoms with van der Waals surface area (Å²) in [6.45, 7) is 2.15. The maximum Gasteiger partial charge on any atom is 0.242 e. The Kier molecular flexibility index (Phi) is 42.5. The highest BCUT2D eigenvalue weighted by Gasteiger charge is 2.51. The summed E-state index contributed by atoms with van der Waals surface area (Å²) in [4.78, 5) is 184. The second kappa shape index (κ2) is 51.8. The van der Waals surface area contributed by atoms with Crippen LogP contribution in [0.2, 0.25) is 0 Å². The third-order valence-corrected chi connectivity index (χ3v) is 24.1. The molecule has 2 aromatic carbocycles. The lowest BCUT2D eigenvalue weighted by Crippen LogP contribution is -2.53. The smallest absolute Gasteiger partial charge is 0.242 e. The molecule has 14 atom stereocenters. The maximum atomic E-state index is 15.0. The van der Waals surface area contributed by atoms with Crippen LogP contribution in [0.1, 0.15) is 211 Å². The number of ether oxygens (including phenoxy) is 3. The molecular formula is C82H128N26O21S. The minimum absolute atomic E-state index is 0.0124. The van der Waals surface area contributed by atoms with E-state index in [1.54, 1.807) is 0 Å². The highest BCUT2D eigenvalue weighted by molar-refractivity contribution is 8.00. The quantitative estimate of drug-likeness (QED) is 0.00643. The number of carbonyl (C=O) groups is 13. The number of phenolic OH excluding ortho intramolecular Hbond substituents is 2. The topological polar surface area (TPSA) is 838 Å². The number of benzene rings is 2. The van der Waals surface area contributed by atoms with Crippen LogP contribution in [-0.2, 0) is 68.6 Å². The van der Waals surface area contributed by atoms with Crippen LogP contribution in [0.5, 0.6) is 17.2 Å². The van der Waals surface area contributed by atoms with Crippen molar-refractivity contribution in [3.63, 3.8) is 0 Å². The van der Waals surface area contributed by atoms with Crippen LogP contribution in [0.3, 0.4) is 0 Å². The number of aliphatic hydroxyl groups excluding tert-OH is 2. The van der Waals surface area contributed by atoms with Crippen LogP contribution in [0.4, 0.5) is 0 Å². The minimum atomic E-state index is -2.32. The average Bonchev–Trinajstić information content (AvgIpc) is 0.789. The molecule has 6 rings (SSSR count). The third kappa shape index (κ3) is 32.1. The van der Waals surface area contributed by atoms with Gasteiger partial charge < -0.3 is 138 Å². The number of aliphatic hydroxyl groups is 3. The van der Waals surface area contributed by atoms with E-state index >= 15 is 0 Å². The zero-order valence-corrected chi connectivity index (χ0v) is 74.1. The average molecular weight is 1850 g/mol. The molecule has 718 valence electrons. The van der Waals surface area contributed by atoms with Crippen LogP contribution < -0.4 is 104 Å². The van der Waals surface area contributed by atoms with Crippen molar-refractivity contribution in [1.29, 1.82) is 32.5 Å². The largest absolute Gasteiger partial charge is 0.507 e. The van der Waals surface area contributed by atoms with Crippen molar-refractivity contribution >= 4 is 129 Å². The number of phenols is 2. The lowest BCUT2D eigenvalue weighted by atomic mass is 9.71. The molecule has 2 fully saturated rings. The third-order valence-electron chi connectivity index (χ3n) is 22.7. The van der Waals surface area contributed by atoms with Crippen molar-refractivity contribution in [2.45, 2.75) is 228 Å². The fourth-order valence-corrected chi connectivity index (χ4v) is 17.2. The number of primary amides is 1. The molecule has 2 aliphatic heterocycles. The second-order valence-electron chi connectivity index (χ2n) is 32.7. The zero-order valence-electron chi connectivity index (χ0n) is 73.3. The van der Waals surface area contributed by atoms with E-state index in [0.717, 1.165) is 16.7 Å². The van der Waals surface area contributed by atoms with Crippen LogP contribution >= 0.6 is 11.8 Å². The van der Waals surface area contributed by atoms with Crippen molar-refractivity contribution in [2.24, 2.45) is 74.6 Å². The number of aromatic hydroxyl groups is 2. The molecule has 4 aliphatic rings. The second-order valence-corrected chi connectivity index (χ2v) is 34.0. The number of fused-ring (bicyclic) bond motifs is 3. The van der Waals surface area contributed by atoms with Crippen molar-refractivity contribution in [2.75, 3.05) is 65.3 Å². The normalized spacial score (nSPS) is 19.7. The van der Waals surface area contributed by atoms with E-state index in [1.165, 1.54) is 39.2 Å². The van der Waals surface area contributed by atoms with Gasteiger partial charge in [0, 0.05) is 150 Å². The number of unbranched alkanes of at least 4 members (excludes halogenated alkanes) is 2. The molecule has 47 nitrogen and oxygen atoms in total. The first-order chi connectivity index (χ1) is 61.5. The van der Waals surface area contributed by atoms with Crippen LogP contribution in [0.15, 0.2) is 23.3 Å². The number of imide groups is 1. The number of carbonyl (C=O) groups excluding carboxylic acids is 13. The fraction of sp³-hybridized carbons (Fsp3) is 0.610. The highest BCUT2D eigenvalue weighted by atomic mass is 32.2. The summed E-state index contributed by atoms with van der Waals surface area (Å²) < 4.78 is 17.6. The molecule has 2 aliphatic carbocycles. The van der Waals surface area contributed by atoms with E-state index in [1.807, 2.05) is 0 Å². The Hall–Kier alpha value is -12.2. The van der Waals surface area contributed by atoms with E-state index in [0.29, 0.717) is 6.42 Å². The first kappa shape index (κ1) is 107. The van der Waals surface area contributed by atoms with Gasteiger partial charge >= 0.3 is 0 Å². The monoisotopic (exact) mass is 1840 g/mol. The Morgan fingerprint density at radius 2 is 1.05 bits per heavy atom. The number of thioether (sulfide) groups is 1. The summed E-state index contributed by atoms with van der Waals surface area (Å²) in [6.07, 6.45) is -7.33. The molecule has 2 aromatic rings. The van der Waals surface area contributed by atoms with Gasteiger partial charge in [-0.05, 0) is 110 Å². The molecular weight excluding hydrogens is 1720 g/mol. The lowest BCUT2D eigenvalue weighted by molar-refractivity contribution is -0.245. The van der Waals surface area contributed by atoms with Gasteiger partial charge in [0.1, 0.15) is 28.6 Å². The molecule has 130 heavy (non-hydrogen) atoms. The Labute approximate surface area is 755 Å².